The Balaban J connectivity index is -0.0000120. The topological polar surface area (TPSA) is 673 Å². The van der Waals surface area contributed by atoms with Crippen LogP contribution in [0, 0.1) is 0 Å². The Morgan fingerprint density at radius 1 is 0.455 bits per heavy atom. The molecule has 0 spiro atoms. The molecule has 0 aromatic carbocycles. The van der Waals surface area contributed by atoms with Crippen molar-refractivity contribution >= 4 is 74.3 Å². The Bertz CT molecular complexity index is 3280. The molecule has 2 bridgehead atoms. The van der Waals surface area contributed by atoms with Crippen LogP contribution in [-0.2, 0) is 173 Å². The van der Waals surface area contributed by atoms with E-state index in [2.05, 4.69) is 25.1 Å². The summed E-state index contributed by atoms with van der Waals surface area (Å²) < 4.78 is 335. The number of hydrogen-bond donors (Lipinski definition) is 2. The Hall–Kier alpha value is 5.44. The third kappa shape index (κ3) is 29.5. The number of methoxy groups -OCH3 is 5. The summed E-state index contributed by atoms with van der Waals surface area (Å²) >= 11 is 0. The van der Waals surface area contributed by atoms with Gasteiger partial charge in [0.15, 0.2) is 49.3 Å². The van der Waals surface area contributed by atoms with Gasteiger partial charge in [0, 0.05) is 42.2 Å². The number of nitrogens with two attached hydrogens (primary N) is 1. The van der Waals surface area contributed by atoms with Crippen molar-refractivity contribution in [3.63, 3.8) is 0 Å². The van der Waals surface area contributed by atoms with Crippen molar-refractivity contribution in [3.05, 3.63) is 0 Å². The molecule has 46 nitrogen and oxygen atoms in total. The maximum Gasteiger partial charge on any atom is 1.00 e. The molecule has 25 atom stereocenters. The van der Waals surface area contributed by atoms with Crippen LogP contribution in [0.3, 0.4) is 0 Å². The van der Waals surface area contributed by atoms with Gasteiger partial charge >= 0.3 is 236 Å². The summed E-state index contributed by atoms with van der Waals surface area (Å²) in [7, 11) is -31.7. The van der Waals surface area contributed by atoms with Crippen molar-refractivity contribution in [1.29, 1.82) is 0 Å². The predicted octanol–water partition coefficient (Wildman–Crippen LogP) is -35.6. The zero-order valence-corrected chi connectivity index (χ0v) is 77.6. The first-order valence-electron chi connectivity index (χ1n) is 26.4. The molecule has 3 N–H and O–H groups in total. The summed E-state index contributed by atoms with van der Waals surface area (Å²) in [5, 5.41) is 38.4. The first-order valence-corrected chi connectivity index (χ1v) is 34.4. The van der Waals surface area contributed by atoms with E-state index >= 15 is 0 Å². The van der Waals surface area contributed by atoms with E-state index in [1.165, 1.54) is 0 Å². The number of hydrogen-bond acceptors (Lipinski definition) is 46. The first kappa shape index (κ1) is 111. The molecule has 101 heavy (non-hydrogen) atoms. The molecule has 7 heterocycles. The Labute approximate surface area is 756 Å². The number of aliphatic carboxylic acids is 2. The second kappa shape index (κ2) is 46.4. The van der Waals surface area contributed by atoms with E-state index in [1.54, 1.807) is 6.92 Å². The van der Waals surface area contributed by atoms with Crippen molar-refractivity contribution in [2.24, 2.45) is 5.73 Å². The van der Waals surface area contributed by atoms with Gasteiger partial charge in [0.2, 0.25) is 62.4 Å². The number of aliphatic hydroxyl groups excluding tert-OH is 1. The van der Waals surface area contributed by atoms with Crippen LogP contribution in [0.15, 0.2) is 0 Å². The number of aliphatic hydroxyl groups is 1. The Kier molecular flexibility index (Phi) is 50.8. The average Bonchev–Trinajstić information content (AvgIpc) is 0.709. The van der Waals surface area contributed by atoms with Crippen molar-refractivity contribution in [3.8, 4) is 0 Å². The smallest absolute Gasteiger partial charge is 0.726 e. The molecule has 7 aliphatic heterocycles. The van der Waals surface area contributed by atoms with E-state index in [9.17, 15) is 103 Å². The van der Waals surface area contributed by atoms with Crippen molar-refractivity contribution in [2.75, 3.05) is 68.6 Å². The largest absolute Gasteiger partial charge is 1.00 e. The van der Waals surface area contributed by atoms with Gasteiger partial charge in [-0.3, -0.25) is 25.1 Å². The van der Waals surface area contributed by atoms with Gasteiger partial charge in [-0.25, -0.2) is 50.5 Å². The fourth-order valence-electron chi connectivity index (χ4n) is 10.9. The van der Waals surface area contributed by atoms with Crippen LogP contribution in [0.2, 0.25) is 0 Å². The van der Waals surface area contributed by atoms with E-state index in [-0.39, 0.29) is 249 Å². The fraction of sp³-hybridized carbons (Fsp3) is 0.951. The fourth-order valence-corrected chi connectivity index (χ4v) is 13.2. The second-order valence-electron chi connectivity index (χ2n) is 20.3. The molecule has 0 saturated carbocycles. The van der Waals surface area contributed by atoms with Gasteiger partial charge in [0.05, 0.1) is 44.4 Å². The third-order valence-corrected chi connectivity index (χ3v) is 17.4. The molecular weight excluding hydrogens is 1600 g/mol. The molecule has 7 fully saturated rings. The zero-order chi connectivity index (χ0) is 69.9. The van der Waals surface area contributed by atoms with E-state index in [0.29, 0.717) is 0 Å². The molecule has 0 radical (unpaired) electrons. The van der Waals surface area contributed by atoms with Gasteiger partial charge in [0.25, 0.3) is 0 Å². The van der Waals surface area contributed by atoms with Gasteiger partial charge in [-0.1, -0.05) is 13.8 Å². The molecular formula is C41H61NNa8O45S6. The number of rotatable bonds is 34. The van der Waals surface area contributed by atoms with Crippen LogP contribution < -0.4 is 252 Å². The number of fused-ring (bicyclic) bond motifs is 3. The minimum absolute atomic E-state index is 0. The van der Waals surface area contributed by atoms with E-state index in [0.717, 1.165) is 42.5 Å². The number of ether oxygens (including phenoxy) is 16. The molecule has 0 amide bonds. The molecule has 7 rings (SSSR count). The maximum atomic E-state index is 13.6. The summed E-state index contributed by atoms with van der Waals surface area (Å²) in [5.41, 5.74) is -0.176. The Morgan fingerprint density at radius 3 is 1.27 bits per heavy atom. The summed E-state index contributed by atoms with van der Waals surface area (Å²) in [6.45, 7) is -3.13. The summed E-state index contributed by atoms with van der Waals surface area (Å²) in [6.07, 6.45) is -51.8. The van der Waals surface area contributed by atoms with Gasteiger partial charge < -0.3 is 134 Å². The number of carbonyl (C=O) groups excluding carboxylic acids is 2. The second-order valence-corrected chi connectivity index (χ2v) is 26.5. The molecule has 544 valence electrons. The third-order valence-electron chi connectivity index (χ3n) is 14.8. The minimum Gasteiger partial charge on any atom is -0.726 e. The number of carboxylic acid groups (broad SMARTS) is 2. The maximum absolute atomic E-state index is 13.6. The van der Waals surface area contributed by atoms with Crippen LogP contribution >= 0.6 is 0 Å². The van der Waals surface area contributed by atoms with Crippen LogP contribution in [0.25, 0.3) is 0 Å². The van der Waals surface area contributed by atoms with Gasteiger partial charge in [0.1, 0.15) is 97.2 Å². The van der Waals surface area contributed by atoms with E-state index in [1.807, 2.05) is 0 Å². The van der Waals surface area contributed by atoms with Crippen molar-refractivity contribution in [2.45, 2.75) is 179 Å². The summed E-state index contributed by atoms with van der Waals surface area (Å²) in [5.74, 6) is -4.75. The molecule has 7 saturated heterocycles. The van der Waals surface area contributed by atoms with Gasteiger partial charge in [-0.15, -0.1) is 0 Å². The van der Waals surface area contributed by atoms with Crippen LogP contribution in [0.5, 0.6) is 0 Å². The number of carboxylic acids is 2. The summed E-state index contributed by atoms with van der Waals surface area (Å²) in [6, 6.07) is -1.80. The SMILES string of the molecule is CCCO[C@H]1[C@H](O)[C@@H](N)[C@@H](O[C@H]2[C@H](OC)[C@@H](OC)[C@H](O[C@H]3[C@H](OS(=O)(=O)[O-])[C@@H](OS(=O)(=O)[O-])[C@@H](O[C@H]4[C@@H](OC)[C@@H]5OC[C@@]4(C(=O)[O-])O[C@H]5O[C@H]4[C@H](OC)[C@@H](OS(=O)(=O)[O-])[C@@H](OC)O[C@@H]4COS(=O)(=O)[O-])O[C@@H]3COS(=O)(=O)[O-])O[C@]2(CC)C(=O)[O-])O[C@@H]1COS(=O)(=O)[O-].[Na+].[Na+].[Na+].[Na+].[Na+].[Na+].[Na+].[Na+]. The summed E-state index contributed by atoms with van der Waals surface area (Å²) in [4.78, 5) is 27.1. The zero-order valence-electron chi connectivity index (χ0n) is 56.7. The molecule has 0 aromatic rings. The monoisotopic (exact) mass is 1660 g/mol. The standard InChI is InChI=1S/C41H69NO45S6.8Na/c1-8-10-71-20-15(11-73-88(48,49)50)76-33(18(42)19(20)43)81-31-25(67-4)27(69-6)36(83-40(31,9-2)38(44)45)80-22-17(13-75-90(54,55)56)78-35(30(87-93(63,64)65)24(22)85-91(57,58)59)82-32-26(68-5)28-37(84-41(32,14-72-28)39(46)47)79-21-16(12-74-89(51,52)53)77-34(70-7)29(23(21)66-3)86-92(60,61)62;;;;;;;;/h15-37,43H,8-14,42H2,1-7H3,(H,44,45)(H,46,47)(H,48,49,50)(H,51,52,53)(H,54,55,56)(H,57,58,59)(H,60,61,62)(H,63,64,65);;;;;;;;/q;8*+1/p-8/t15-,16-,17-,18-,19-,20-,21-,22-,23+,24+,25-,26+,27-,28+,29-,30-,31+,32+,33-,34+,35-,36-,37-,40+,41-;;;;;;;;/m1......../s1. The van der Waals surface area contributed by atoms with E-state index in [4.69, 9.17) is 81.5 Å². The van der Waals surface area contributed by atoms with E-state index < -0.39 is 260 Å². The van der Waals surface area contributed by atoms with Crippen LogP contribution in [0.1, 0.15) is 26.7 Å². The van der Waals surface area contributed by atoms with Gasteiger partial charge in [-0.2, -0.15) is 0 Å². The van der Waals surface area contributed by atoms with Crippen molar-refractivity contribution < 1.29 is 440 Å². The molecule has 0 unspecified atom stereocenters. The predicted molar refractivity (Wildman–Crippen MR) is 266 cm³/mol. The Morgan fingerprint density at radius 2 is 0.861 bits per heavy atom. The van der Waals surface area contributed by atoms with Crippen molar-refractivity contribution in [1.82, 2.24) is 0 Å². The minimum atomic E-state index is -6.47. The molecule has 0 aromatic heterocycles. The normalized spacial score (nSPS) is 36.6. The number of carbonyl (C=O) groups is 2. The molecule has 60 heteroatoms. The van der Waals surface area contributed by atoms with Gasteiger partial charge in [-0.05, 0) is 12.8 Å². The molecule has 0 aliphatic carbocycles. The average molecular weight is 1660 g/mol. The quantitative estimate of drug-likeness (QED) is 0.0343. The molecule has 7 aliphatic rings. The van der Waals surface area contributed by atoms with Crippen LogP contribution in [-0.4, -0.2) is 316 Å². The first-order chi connectivity index (χ1) is 42.9. The van der Waals surface area contributed by atoms with Crippen LogP contribution in [0.4, 0.5) is 0 Å².